The monoisotopic (exact) mass is 343 g/mol. The molecule has 3 N–H and O–H groups in total. The highest BCUT2D eigenvalue weighted by molar-refractivity contribution is 5.79. The summed E-state index contributed by atoms with van der Waals surface area (Å²) in [4.78, 5) is 24.8. The zero-order chi connectivity index (χ0) is 17.7. The van der Waals surface area contributed by atoms with Crippen molar-refractivity contribution >= 4 is 11.9 Å². The van der Waals surface area contributed by atoms with Crippen LogP contribution >= 0.6 is 0 Å². The van der Waals surface area contributed by atoms with Crippen molar-refractivity contribution < 1.29 is 22.8 Å². The van der Waals surface area contributed by atoms with Gasteiger partial charge in [-0.2, -0.15) is 0 Å². The minimum atomic E-state index is -2.73. The molecule has 1 aliphatic heterocycles. The molecule has 2 rings (SSSR count). The molecule has 0 radical (unpaired) electrons. The van der Waals surface area contributed by atoms with Crippen molar-refractivity contribution in [3.63, 3.8) is 0 Å². The molecule has 0 bridgehead atoms. The van der Waals surface area contributed by atoms with Crippen molar-refractivity contribution in [2.45, 2.75) is 25.2 Å². The molecule has 1 aromatic carbocycles. The number of benzene rings is 1. The lowest BCUT2D eigenvalue weighted by Gasteiger charge is -2.32. The maximum atomic E-state index is 13.1. The van der Waals surface area contributed by atoms with E-state index in [0.717, 1.165) is 0 Å². The lowest BCUT2D eigenvalue weighted by atomic mass is 9.98. The number of hydrogen-bond donors (Lipinski definition) is 2. The number of nitrogens with zero attached hydrogens (tertiary/aromatic N) is 1. The third kappa shape index (κ3) is 5.14. The van der Waals surface area contributed by atoms with Gasteiger partial charge in [-0.15, -0.1) is 0 Å². The summed E-state index contributed by atoms with van der Waals surface area (Å²) in [6, 6.07) is 5.15. The fraction of sp³-hybridized carbons (Fsp3) is 0.500. The van der Waals surface area contributed by atoms with Gasteiger partial charge in [0.05, 0.1) is 5.92 Å². The first-order valence-electron chi connectivity index (χ1n) is 7.71. The second-order valence-electron chi connectivity index (χ2n) is 5.96. The summed E-state index contributed by atoms with van der Waals surface area (Å²) < 4.78 is 39.1. The smallest absolute Gasteiger partial charge is 0.317 e. The zero-order valence-electron chi connectivity index (χ0n) is 13.1. The van der Waals surface area contributed by atoms with Crippen molar-refractivity contribution in [1.82, 2.24) is 10.2 Å². The minimum absolute atomic E-state index is 0.00155. The summed E-state index contributed by atoms with van der Waals surface area (Å²) >= 11 is 0. The molecule has 0 aromatic heterocycles. The highest BCUT2D eigenvalue weighted by Crippen LogP contribution is 2.27. The maximum Gasteiger partial charge on any atom is 0.317 e. The number of rotatable bonds is 5. The van der Waals surface area contributed by atoms with E-state index in [1.807, 2.05) is 0 Å². The van der Waals surface area contributed by atoms with Crippen molar-refractivity contribution in [2.75, 3.05) is 19.6 Å². The van der Waals surface area contributed by atoms with Gasteiger partial charge >= 0.3 is 6.03 Å². The van der Waals surface area contributed by atoms with Crippen LogP contribution in [-0.4, -0.2) is 42.4 Å². The zero-order valence-corrected chi connectivity index (χ0v) is 13.1. The first-order chi connectivity index (χ1) is 11.3. The van der Waals surface area contributed by atoms with Crippen LogP contribution in [0.25, 0.3) is 0 Å². The minimum Gasteiger partial charge on any atom is -0.369 e. The topological polar surface area (TPSA) is 75.4 Å². The van der Waals surface area contributed by atoms with Crippen molar-refractivity contribution in [3.8, 4) is 0 Å². The fourth-order valence-corrected chi connectivity index (χ4v) is 2.54. The Morgan fingerprint density at radius 1 is 1.21 bits per heavy atom. The van der Waals surface area contributed by atoms with Crippen LogP contribution in [0, 0.1) is 11.7 Å². The molecule has 1 aromatic rings. The van der Waals surface area contributed by atoms with Crippen molar-refractivity contribution in [1.29, 1.82) is 0 Å². The Kier molecular flexibility index (Phi) is 5.69. The van der Waals surface area contributed by atoms with E-state index in [1.165, 1.54) is 17.0 Å². The molecule has 132 valence electrons. The molecular weight excluding hydrogens is 323 g/mol. The van der Waals surface area contributed by atoms with E-state index >= 15 is 0 Å². The molecule has 3 amide bonds. The van der Waals surface area contributed by atoms with Crippen LogP contribution in [0.15, 0.2) is 24.3 Å². The summed E-state index contributed by atoms with van der Waals surface area (Å²) in [7, 11) is 0. The molecule has 1 saturated heterocycles. The molecule has 24 heavy (non-hydrogen) atoms. The van der Waals surface area contributed by atoms with Crippen LogP contribution in [0.5, 0.6) is 0 Å². The molecule has 1 fully saturated rings. The Balaban J connectivity index is 1.86. The summed E-state index contributed by atoms with van der Waals surface area (Å²) in [5.41, 5.74) is 6.05. The van der Waals surface area contributed by atoms with Gasteiger partial charge < -0.3 is 16.0 Å². The van der Waals surface area contributed by atoms with Crippen molar-refractivity contribution in [2.24, 2.45) is 11.7 Å². The van der Waals surface area contributed by atoms with Gasteiger partial charge in [-0.3, -0.25) is 4.79 Å². The fourth-order valence-electron chi connectivity index (χ4n) is 2.54. The number of halogens is 3. The van der Waals surface area contributed by atoms with Gasteiger partial charge in [-0.1, -0.05) is 12.1 Å². The molecule has 8 heteroatoms. The molecule has 1 atom stereocenters. The lowest BCUT2D eigenvalue weighted by molar-refractivity contribution is -0.121. The van der Waals surface area contributed by atoms with Gasteiger partial charge in [-0.25, -0.2) is 18.0 Å². The number of nitrogens with two attached hydrogens (primary N) is 1. The number of nitrogens with one attached hydrogen (secondary N) is 1. The molecule has 5 nitrogen and oxygen atoms in total. The number of primary amides is 1. The second-order valence-corrected chi connectivity index (χ2v) is 5.96. The van der Waals surface area contributed by atoms with Crippen molar-refractivity contribution in [3.05, 3.63) is 35.6 Å². The average Bonchev–Trinajstić information content (AvgIpc) is 2.52. The third-order valence-corrected chi connectivity index (χ3v) is 4.08. The molecule has 0 spiro atoms. The predicted octanol–water partition coefficient (Wildman–Crippen LogP) is 1.91. The van der Waals surface area contributed by atoms with Gasteiger partial charge in [0.15, 0.2) is 0 Å². The number of alkyl halides is 2. The molecule has 0 saturated carbocycles. The summed E-state index contributed by atoms with van der Waals surface area (Å²) in [5.74, 6) is -4.37. The Hall–Kier alpha value is -2.25. The van der Waals surface area contributed by atoms with Crippen LogP contribution in [0.4, 0.5) is 18.0 Å². The number of piperidine rings is 1. The average molecular weight is 343 g/mol. The Labute approximate surface area is 138 Å². The van der Waals surface area contributed by atoms with Gasteiger partial charge in [0.25, 0.3) is 5.92 Å². The van der Waals surface area contributed by atoms with E-state index in [0.29, 0.717) is 5.56 Å². The number of amides is 3. The van der Waals surface area contributed by atoms with E-state index in [1.54, 1.807) is 12.1 Å². The SMILES string of the molecule is NC(=O)C(CNC(=O)N1CCC(F)(F)CC1)Cc1ccc(F)cc1. The third-order valence-electron chi connectivity index (χ3n) is 4.08. The molecule has 1 heterocycles. The van der Waals surface area contributed by atoms with Crippen LogP contribution in [0.1, 0.15) is 18.4 Å². The first-order valence-corrected chi connectivity index (χ1v) is 7.71. The van der Waals surface area contributed by atoms with E-state index in [4.69, 9.17) is 5.73 Å². The number of urea groups is 1. The Morgan fingerprint density at radius 2 is 1.79 bits per heavy atom. The number of carbonyl (C=O) groups excluding carboxylic acids is 2. The van der Waals surface area contributed by atoms with Crippen LogP contribution in [0.2, 0.25) is 0 Å². The summed E-state index contributed by atoms with van der Waals surface area (Å²) in [6.45, 7) is -0.0610. The summed E-state index contributed by atoms with van der Waals surface area (Å²) in [6.07, 6.45) is -0.474. The number of hydrogen-bond acceptors (Lipinski definition) is 2. The molecule has 1 unspecified atom stereocenters. The molecule has 1 aliphatic rings. The maximum absolute atomic E-state index is 13.1. The largest absolute Gasteiger partial charge is 0.369 e. The van der Waals surface area contributed by atoms with E-state index < -0.39 is 23.8 Å². The molecule has 0 aliphatic carbocycles. The quantitative estimate of drug-likeness (QED) is 0.857. The standard InChI is InChI=1S/C16H20F3N3O2/c17-13-3-1-11(2-4-13)9-12(14(20)23)10-21-15(24)22-7-5-16(18,19)6-8-22/h1-4,12H,5-10H2,(H2,20,23)(H,21,24). The summed E-state index contributed by atoms with van der Waals surface area (Å²) in [5, 5.41) is 2.56. The van der Waals surface area contributed by atoms with Crippen LogP contribution in [0.3, 0.4) is 0 Å². The van der Waals surface area contributed by atoms with E-state index in [9.17, 15) is 22.8 Å². The Morgan fingerprint density at radius 3 is 2.33 bits per heavy atom. The highest BCUT2D eigenvalue weighted by atomic mass is 19.3. The lowest BCUT2D eigenvalue weighted by Crippen LogP contribution is -2.49. The number of carbonyl (C=O) groups is 2. The first kappa shape index (κ1) is 18.1. The predicted molar refractivity (Wildman–Crippen MR) is 81.9 cm³/mol. The highest BCUT2D eigenvalue weighted by Gasteiger charge is 2.35. The van der Waals surface area contributed by atoms with Gasteiger partial charge in [0, 0.05) is 32.5 Å². The van der Waals surface area contributed by atoms with Gasteiger partial charge in [-0.05, 0) is 24.1 Å². The van der Waals surface area contributed by atoms with Crippen LogP contribution < -0.4 is 11.1 Å². The van der Waals surface area contributed by atoms with Crippen LogP contribution in [-0.2, 0) is 11.2 Å². The molecular formula is C16H20F3N3O2. The van der Waals surface area contributed by atoms with Gasteiger partial charge in [0.2, 0.25) is 5.91 Å². The van der Waals surface area contributed by atoms with E-state index in [2.05, 4.69) is 5.32 Å². The second kappa shape index (κ2) is 7.55. The number of likely N-dealkylation sites (tertiary alicyclic amines) is 1. The normalized spacial score (nSPS) is 18.0. The van der Waals surface area contributed by atoms with E-state index in [-0.39, 0.29) is 44.7 Å². The van der Waals surface area contributed by atoms with Gasteiger partial charge in [0.1, 0.15) is 5.82 Å². The Bertz CT molecular complexity index is 583.